The SMILES string of the molecule is NCCCN(CCOCCO)c1cccc(F)c1. The fourth-order valence-electron chi connectivity index (χ4n) is 1.67. The maximum absolute atomic E-state index is 13.2. The Bertz CT molecular complexity index is 337. The van der Waals surface area contributed by atoms with Crippen LogP contribution in [0.2, 0.25) is 0 Å². The van der Waals surface area contributed by atoms with Crippen LogP contribution in [0.5, 0.6) is 0 Å². The van der Waals surface area contributed by atoms with E-state index in [2.05, 4.69) is 0 Å². The quantitative estimate of drug-likeness (QED) is 0.647. The van der Waals surface area contributed by atoms with Gasteiger partial charge in [0.25, 0.3) is 0 Å². The summed E-state index contributed by atoms with van der Waals surface area (Å²) in [5, 5.41) is 8.62. The van der Waals surface area contributed by atoms with Crippen LogP contribution in [0.15, 0.2) is 24.3 Å². The number of aliphatic hydroxyl groups excluding tert-OH is 1. The fourth-order valence-corrected chi connectivity index (χ4v) is 1.67. The Morgan fingerprint density at radius 3 is 2.78 bits per heavy atom. The Labute approximate surface area is 107 Å². The second-order valence-corrected chi connectivity index (χ2v) is 3.95. The lowest BCUT2D eigenvalue weighted by molar-refractivity contribution is 0.0966. The first-order valence-corrected chi connectivity index (χ1v) is 6.17. The maximum Gasteiger partial charge on any atom is 0.125 e. The van der Waals surface area contributed by atoms with Gasteiger partial charge in [0.15, 0.2) is 0 Å². The fraction of sp³-hybridized carbons (Fsp3) is 0.538. The summed E-state index contributed by atoms with van der Waals surface area (Å²) in [6, 6.07) is 6.48. The molecule has 0 bridgehead atoms. The standard InChI is InChI=1S/C13H21FN2O2/c14-12-3-1-4-13(11-12)16(6-2-5-15)7-9-18-10-8-17/h1,3-4,11,17H,2,5-10,15H2. The Morgan fingerprint density at radius 1 is 1.28 bits per heavy atom. The molecule has 0 aliphatic rings. The summed E-state index contributed by atoms with van der Waals surface area (Å²) in [7, 11) is 0. The number of ether oxygens (including phenoxy) is 1. The molecule has 0 fully saturated rings. The van der Waals surface area contributed by atoms with E-state index in [-0.39, 0.29) is 12.4 Å². The van der Waals surface area contributed by atoms with Crippen LogP contribution in [0, 0.1) is 5.82 Å². The van der Waals surface area contributed by atoms with Crippen molar-refractivity contribution in [2.45, 2.75) is 6.42 Å². The average molecular weight is 256 g/mol. The topological polar surface area (TPSA) is 58.7 Å². The number of benzene rings is 1. The molecule has 0 aliphatic carbocycles. The lowest BCUT2D eigenvalue weighted by atomic mass is 10.2. The molecule has 4 nitrogen and oxygen atoms in total. The Morgan fingerprint density at radius 2 is 2.11 bits per heavy atom. The number of halogens is 1. The maximum atomic E-state index is 13.2. The summed E-state index contributed by atoms with van der Waals surface area (Å²) in [6.07, 6.45) is 0.844. The predicted molar refractivity (Wildman–Crippen MR) is 70.2 cm³/mol. The summed E-state index contributed by atoms with van der Waals surface area (Å²) in [5.41, 5.74) is 6.33. The molecule has 0 amide bonds. The molecule has 1 aromatic rings. The molecule has 0 atom stereocenters. The lowest BCUT2D eigenvalue weighted by Gasteiger charge is -2.24. The zero-order valence-electron chi connectivity index (χ0n) is 10.5. The van der Waals surface area contributed by atoms with Crippen LogP contribution in [-0.2, 0) is 4.74 Å². The van der Waals surface area contributed by atoms with Crippen LogP contribution in [-0.4, -0.2) is 44.6 Å². The van der Waals surface area contributed by atoms with Crippen molar-refractivity contribution >= 4 is 5.69 Å². The van der Waals surface area contributed by atoms with Crippen LogP contribution in [0.1, 0.15) is 6.42 Å². The van der Waals surface area contributed by atoms with Crippen LogP contribution in [0.4, 0.5) is 10.1 Å². The van der Waals surface area contributed by atoms with Crippen molar-refractivity contribution in [1.82, 2.24) is 0 Å². The van der Waals surface area contributed by atoms with Gasteiger partial charge in [-0.2, -0.15) is 0 Å². The van der Waals surface area contributed by atoms with Crippen molar-refractivity contribution < 1.29 is 14.2 Å². The molecule has 0 unspecified atom stereocenters. The summed E-state index contributed by atoms with van der Waals surface area (Å²) in [4.78, 5) is 2.04. The van der Waals surface area contributed by atoms with E-state index in [0.717, 1.165) is 18.7 Å². The molecule has 0 radical (unpaired) electrons. The van der Waals surface area contributed by atoms with Crippen molar-refractivity contribution in [3.8, 4) is 0 Å². The zero-order valence-corrected chi connectivity index (χ0v) is 10.5. The second kappa shape index (κ2) is 8.85. The minimum absolute atomic E-state index is 0.0166. The van der Waals surface area contributed by atoms with Gasteiger partial charge >= 0.3 is 0 Å². The Balaban J connectivity index is 2.54. The predicted octanol–water partition coefficient (Wildman–Crippen LogP) is 0.990. The Kier molecular flexibility index (Phi) is 7.32. The first-order valence-electron chi connectivity index (χ1n) is 6.17. The van der Waals surface area contributed by atoms with Crippen LogP contribution >= 0.6 is 0 Å². The molecule has 0 aliphatic heterocycles. The van der Waals surface area contributed by atoms with E-state index in [0.29, 0.717) is 26.3 Å². The highest BCUT2D eigenvalue weighted by atomic mass is 19.1. The van der Waals surface area contributed by atoms with Crippen LogP contribution < -0.4 is 10.6 Å². The van der Waals surface area contributed by atoms with E-state index >= 15 is 0 Å². The third-order valence-electron chi connectivity index (χ3n) is 2.55. The zero-order chi connectivity index (χ0) is 13.2. The highest BCUT2D eigenvalue weighted by Crippen LogP contribution is 2.15. The van der Waals surface area contributed by atoms with E-state index in [1.165, 1.54) is 12.1 Å². The van der Waals surface area contributed by atoms with Gasteiger partial charge < -0.3 is 20.5 Å². The monoisotopic (exact) mass is 256 g/mol. The smallest absolute Gasteiger partial charge is 0.125 e. The van der Waals surface area contributed by atoms with Gasteiger partial charge in [-0.1, -0.05) is 6.07 Å². The van der Waals surface area contributed by atoms with Gasteiger partial charge in [-0.05, 0) is 31.2 Å². The van der Waals surface area contributed by atoms with E-state index in [1.54, 1.807) is 6.07 Å². The molecule has 0 saturated carbocycles. The summed E-state index contributed by atoms with van der Waals surface area (Å²) < 4.78 is 18.4. The van der Waals surface area contributed by atoms with Gasteiger partial charge in [-0.25, -0.2) is 4.39 Å². The van der Waals surface area contributed by atoms with E-state index in [4.69, 9.17) is 15.6 Å². The molecular weight excluding hydrogens is 235 g/mol. The third-order valence-corrected chi connectivity index (χ3v) is 2.55. The summed E-state index contributed by atoms with van der Waals surface area (Å²) in [5.74, 6) is -0.249. The molecule has 0 spiro atoms. The van der Waals surface area contributed by atoms with Gasteiger partial charge in [0.05, 0.1) is 19.8 Å². The molecule has 0 saturated heterocycles. The minimum Gasteiger partial charge on any atom is -0.394 e. The van der Waals surface area contributed by atoms with E-state index in [1.807, 2.05) is 11.0 Å². The van der Waals surface area contributed by atoms with Crippen molar-refractivity contribution in [1.29, 1.82) is 0 Å². The highest BCUT2D eigenvalue weighted by Gasteiger charge is 2.06. The molecule has 0 heterocycles. The minimum atomic E-state index is -0.249. The van der Waals surface area contributed by atoms with Crippen molar-refractivity contribution in [2.24, 2.45) is 5.73 Å². The summed E-state index contributed by atoms with van der Waals surface area (Å²) in [6.45, 7) is 2.87. The summed E-state index contributed by atoms with van der Waals surface area (Å²) >= 11 is 0. The molecule has 1 aromatic carbocycles. The molecule has 18 heavy (non-hydrogen) atoms. The Hall–Kier alpha value is -1.17. The lowest BCUT2D eigenvalue weighted by Crippen LogP contribution is -2.30. The van der Waals surface area contributed by atoms with Crippen molar-refractivity contribution in [3.05, 3.63) is 30.1 Å². The van der Waals surface area contributed by atoms with E-state index < -0.39 is 0 Å². The molecule has 102 valence electrons. The third kappa shape index (κ3) is 5.44. The number of rotatable bonds is 9. The van der Waals surface area contributed by atoms with Gasteiger partial charge in [-0.3, -0.25) is 0 Å². The van der Waals surface area contributed by atoms with Gasteiger partial charge in [0.1, 0.15) is 5.82 Å². The number of aliphatic hydroxyl groups is 1. The number of hydrogen-bond donors (Lipinski definition) is 2. The molecular formula is C13H21FN2O2. The average Bonchev–Trinajstić information content (AvgIpc) is 2.38. The molecule has 3 N–H and O–H groups in total. The van der Waals surface area contributed by atoms with E-state index in [9.17, 15) is 4.39 Å². The number of anilines is 1. The largest absolute Gasteiger partial charge is 0.394 e. The van der Waals surface area contributed by atoms with Gasteiger partial charge in [0, 0.05) is 18.8 Å². The number of hydrogen-bond acceptors (Lipinski definition) is 4. The number of nitrogens with zero attached hydrogens (tertiary/aromatic N) is 1. The molecule has 0 aromatic heterocycles. The van der Waals surface area contributed by atoms with Crippen LogP contribution in [0.25, 0.3) is 0 Å². The van der Waals surface area contributed by atoms with Gasteiger partial charge in [0.2, 0.25) is 0 Å². The molecule has 5 heteroatoms. The number of nitrogens with two attached hydrogens (primary N) is 1. The second-order valence-electron chi connectivity index (χ2n) is 3.95. The first-order chi connectivity index (χ1) is 8.77. The van der Waals surface area contributed by atoms with Gasteiger partial charge in [-0.15, -0.1) is 0 Å². The first kappa shape index (κ1) is 14.9. The van der Waals surface area contributed by atoms with Crippen LogP contribution in [0.3, 0.4) is 0 Å². The molecule has 1 rings (SSSR count). The normalized spacial score (nSPS) is 10.6. The van der Waals surface area contributed by atoms with Crippen molar-refractivity contribution in [3.63, 3.8) is 0 Å². The van der Waals surface area contributed by atoms with Crippen molar-refractivity contribution in [2.75, 3.05) is 44.4 Å². The highest BCUT2D eigenvalue weighted by molar-refractivity contribution is 5.46.